The molecule has 0 nitrogen and oxygen atoms in total. The van der Waals surface area contributed by atoms with Crippen molar-refractivity contribution in [3.05, 3.63) is 0 Å². The van der Waals surface area contributed by atoms with Gasteiger partial charge in [-0.15, -0.1) is 0 Å². The molecule has 0 amide bonds. The van der Waals surface area contributed by atoms with E-state index in [4.69, 9.17) is 0 Å². The van der Waals surface area contributed by atoms with Gasteiger partial charge in [-0.25, -0.2) is 0 Å². The fourth-order valence-corrected chi connectivity index (χ4v) is 2.52. The van der Waals surface area contributed by atoms with Crippen molar-refractivity contribution in [1.29, 1.82) is 0 Å². The summed E-state index contributed by atoms with van der Waals surface area (Å²) in [5, 5.41) is 0. The van der Waals surface area contributed by atoms with Gasteiger partial charge in [0.25, 0.3) is 0 Å². The first-order valence-corrected chi connectivity index (χ1v) is 8.63. The zero-order valence-electron chi connectivity index (χ0n) is 6.61. The second-order valence-corrected chi connectivity index (χ2v) is 13.2. The zero-order chi connectivity index (χ0) is 7.33. The summed E-state index contributed by atoms with van der Waals surface area (Å²) in [4.78, 5) is 0. The van der Waals surface area contributed by atoms with Crippen LogP contribution in [-0.4, -0.2) is 18.3 Å². The molecule has 0 fully saturated rings. The Balaban J connectivity index is 3.07. The molecule has 0 aromatic rings. The molecule has 0 aliphatic rings. The molecule has 2 heteroatoms. The molecular formula is C7H17IS. The Morgan fingerprint density at radius 2 is 1.78 bits per heavy atom. The monoisotopic (exact) mass is 260 g/mol. The van der Waals surface area contributed by atoms with Crippen molar-refractivity contribution >= 4 is 28.4 Å². The van der Waals surface area contributed by atoms with E-state index >= 15 is 0 Å². The van der Waals surface area contributed by atoms with E-state index in [1.807, 2.05) is 0 Å². The molecule has 0 heterocycles. The van der Waals surface area contributed by atoms with Gasteiger partial charge in [-0.3, -0.25) is 0 Å². The van der Waals surface area contributed by atoms with E-state index in [9.17, 15) is 0 Å². The van der Waals surface area contributed by atoms with Crippen molar-refractivity contribution in [2.24, 2.45) is 0 Å². The highest BCUT2D eigenvalue weighted by Gasteiger charge is 2.03. The molecule has 0 aromatic heterocycles. The topological polar surface area (TPSA) is 0 Å². The molecule has 0 saturated carbocycles. The lowest BCUT2D eigenvalue weighted by atomic mass is 10.3. The first-order valence-electron chi connectivity index (χ1n) is 3.47. The number of halogens is 1. The third-order valence-corrected chi connectivity index (χ3v) is 3.81. The maximum Gasteiger partial charge on any atom is -0.0149 e. The van der Waals surface area contributed by atoms with E-state index in [1.54, 1.807) is 0 Å². The van der Waals surface area contributed by atoms with Gasteiger partial charge in [0.2, 0.25) is 0 Å². The molecule has 0 aromatic carbocycles. The van der Waals surface area contributed by atoms with Crippen molar-refractivity contribution in [2.75, 3.05) is 18.3 Å². The van der Waals surface area contributed by atoms with Crippen molar-refractivity contribution in [3.8, 4) is 0 Å². The van der Waals surface area contributed by atoms with E-state index < -0.39 is 0 Å². The Labute approximate surface area is 72.7 Å². The van der Waals surface area contributed by atoms with Gasteiger partial charge in [-0.1, -0.05) is 19.8 Å². The molecule has 0 saturated heterocycles. The third kappa shape index (κ3) is 9.08. The maximum atomic E-state index is 2.60. The zero-order valence-corrected chi connectivity index (χ0v) is 9.59. The molecule has 0 bridgehead atoms. The van der Waals surface area contributed by atoms with E-state index in [1.165, 1.54) is 25.0 Å². The molecule has 0 atom stereocenters. The number of hydrogen-bond acceptors (Lipinski definition) is 0. The molecular weight excluding hydrogens is 243 g/mol. The summed E-state index contributed by atoms with van der Waals surface area (Å²) in [5.41, 5.74) is 0. The van der Waals surface area contributed by atoms with Crippen LogP contribution in [0, 0.1) is 0 Å². The minimum Gasteiger partial charge on any atom is -0.193 e. The molecule has 0 aliphatic carbocycles. The standard InChI is InChI=1S/C7H17IS/c1-4-5-6-7-9(2,3)8/h4-7H2,1-3H3. The lowest BCUT2D eigenvalue weighted by Crippen LogP contribution is -1.91. The highest BCUT2D eigenvalue weighted by atomic mass is 127. The Hall–Kier alpha value is 1.08. The lowest BCUT2D eigenvalue weighted by Gasteiger charge is -2.21. The first kappa shape index (κ1) is 10.1. The number of unbranched alkanes of at least 4 members (excludes halogenated alkanes) is 2. The van der Waals surface area contributed by atoms with Crippen LogP contribution in [0.2, 0.25) is 0 Å². The van der Waals surface area contributed by atoms with Crippen LogP contribution in [0.15, 0.2) is 0 Å². The highest BCUT2D eigenvalue weighted by molar-refractivity contribution is 14.2. The molecule has 0 aliphatic heterocycles. The lowest BCUT2D eigenvalue weighted by molar-refractivity contribution is 0.778. The number of hydrogen-bond donors (Lipinski definition) is 0. The summed E-state index contributed by atoms with van der Waals surface area (Å²) in [5.74, 6) is 1.45. The largest absolute Gasteiger partial charge is 0.193 e. The summed E-state index contributed by atoms with van der Waals surface area (Å²) >= 11 is 2.60. The average molecular weight is 260 g/mol. The Bertz CT molecular complexity index is 65.8. The molecule has 58 valence electrons. The normalized spacial score (nSPS) is 13.8. The van der Waals surface area contributed by atoms with Crippen LogP contribution in [0.3, 0.4) is 0 Å². The van der Waals surface area contributed by atoms with Crippen molar-refractivity contribution in [3.63, 3.8) is 0 Å². The van der Waals surface area contributed by atoms with E-state index in [-0.39, 0.29) is 7.20 Å². The molecule has 0 unspecified atom stereocenters. The molecule has 9 heavy (non-hydrogen) atoms. The van der Waals surface area contributed by atoms with Gasteiger partial charge >= 0.3 is 0 Å². The van der Waals surface area contributed by atoms with Crippen molar-refractivity contribution < 1.29 is 0 Å². The summed E-state index contributed by atoms with van der Waals surface area (Å²) in [6.07, 6.45) is 8.96. The molecule has 0 radical (unpaired) electrons. The quantitative estimate of drug-likeness (QED) is 0.535. The SMILES string of the molecule is CCCCCS(C)(C)I. The summed E-state index contributed by atoms with van der Waals surface area (Å²) in [6.45, 7) is 2.26. The van der Waals surface area contributed by atoms with Crippen LogP contribution in [0.4, 0.5) is 0 Å². The van der Waals surface area contributed by atoms with Gasteiger partial charge in [-0.2, -0.15) is 7.20 Å². The van der Waals surface area contributed by atoms with Crippen LogP contribution in [0.5, 0.6) is 0 Å². The van der Waals surface area contributed by atoms with Gasteiger partial charge in [0, 0.05) is 0 Å². The molecule has 0 spiro atoms. The number of rotatable bonds is 4. The molecule has 0 rings (SSSR count). The first-order chi connectivity index (χ1) is 4.06. The fourth-order valence-electron chi connectivity index (χ4n) is 0.695. The van der Waals surface area contributed by atoms with E-state index in [0.717, 1.165) is 0 Å². The van der Waals surface area contributed by atoms with Gasteiger partial charge < -0.3 is 0 Å². The van der Waals surface area contributed by atoms with Gasteiger partial charge in [0.05, 0.1) is 0 Å². The van der Waals surface area contributed by atoms with E-state index in [0.29, 0.717) is 0 Å². The predicted molar refractivity (Wildman–Crippen MR) is 57.9 cm³/mol. The summed E-state index contributed by atoms with van der Waals surface area (Å²) in [6, 6.07) is 0. The minimum atomic E-state index is -0.226. The van der Waals surface area contributed by atoms with Crippen molar-refractivity contribution in [2.45, 2.75) is 26.2 Å². The van der Waals surface area contributed by atoms with Crippen LogP contribution in [0.1, 0.15) is 26.2 Å². The van der Waals surface area contributed by atoms with Gasteiger partial charge in [0.1, 0.15) is 0 Å². The summed E-state index contributed by atoms with van der Waals surface area (Å²) < 4.78 is 0. The van der Waals surface area contributed by atoms with Crippen LogP contribution >= 0.6 is 28.4 Å². The van der Waals surface area contributed by atoms with Crippen LogP contribution in [-0.2, 0) is 0 Å². The predicted octanol–water partition coefficient (Wildman–Crippen LogP) is 3.59. The van der Waals surface area contributed by atoms with Gasteiger partial charge in [0.15, 0.2) is 0 Å². The molecule has 0 N–H and O–H groups in total. The second-order valence-electron chi connectivity index (χ2n) is 2.81. The second kappa shape index (κ2) is 4.83. The minimum absolute atomic E-state index is 0.226. The third-order valence-electron chi connectivity index (χ3n) is 1.23. The Kier molecular flexibility index (Phi) is 5.41. The fraction of sp³-hybridized carbons (Fsp3) is 1.00. The van der Waals surface area contributed by atoms with E-state index in [2.05, 4.69) is 40.6 Å². The maximum absolute atomic E-state index is 2.60. The smallest absolute Gasteiger partial charge is 0.0149 e. The highest BCUT2D eigenvalue weighted by Crippen LogP contribution is 2.49. The van der Waals surface area contributed by atoms with Crippen LogP contribution < -0.4 is 0 Å². The Morgan fingerprint density at radius 3 is 2.11 bits per heavy atom. The summed E-state index contributed by atoms with van der Waals surface area (Å²) in [7, 11) is -0.226. The van der Waals surface area contributed by atoms with Crippen LogP contribution in [0.25, 0.3) is 0 Å². The van der Waals surface area contributed by atoms with Crippen molar-refractivity contribution in [1.82, 2.24) is 0 Å². The van der Waals surface area contributed by atoms with Gasteiger partial charge in [-0.05, 0) is 45.9 Å². The average Bonchev–Trinajstić information content (AvgIpc) is 1.63. The Morgan fingerprint density at radius 1 is 1.22 bits per heavy atom.